The summed E-state index contributed by atoms with van der Waals surface area (Å²) in [6.45, 7) is 1.71. The second-order valence-corrected chi connectivity index (χ2v) is 4.08. The summed E-state index contributed by atoms with van der Waals surface area (Å²) in [5.41, 5.74) is 0.608. The third kappa shape index (κ3) is 4.27. The highest BCUT2D eigenvalue weighted by molar-refractivity contribution is 6.28. The molecule has 1 heterocycles. The first-order valence-corrected chi connectivity index (χ1v) is 5.74. The lowest BCUT2D eigenvalue weighted by molar-refractivity contribution is -0.274. The van der Waals surface area contributed by atoms with Crippen LogP contribution in [-0.4, -0.2) is 16.3 Å². The number of aryl methyl sites for hydroxylation is 1. The van der Waals surface area contributed by atoms with Crippen LogP contribution in [0.5, 0.6) is 17.4 Å². The molecule has 2 rings (SSSR count). The number of halogens is 4. The van der Waals surface area contributed by atoms with E-state index in [1.165, 1.54) is 12.1 Å². The van der Waals surface area contributed by atoms with Gasteiger partial charge in [-0.1, -0.05) is 0 Å². The summed E-state index contributed by atoms with van der Waals surface area (Å²) in [5.74, 6) is 0.169. The standard InChI is InChI=1S/C12H8ClF3N2O2/c1-7-6-10(18-11(13)17-7)19-8-2-4-9(5-3-8)20-12(14,15)16/h2-6H,1H3. The highest BCUT2D eigenvalue weighted by atomic mass is 35.5. The fourth-order valence-corrected chi connectivity index (χ4v) is 1.60. The zero-order valence-electron chi connectivity index (χ0n) is 10.1. The van der Waals surface area contributed by atoms with Crippen molar-refractivity contribution in [2.75, 3.05) is 0 Å². The average molecular weight is 305 g/mol. The van der Waals surface area contributed by atoms with Gasteiger partial charge in [-0.3, -0.25) is 0 Å². The van der Waals surface area contributed by atoms with Gasteiger partial charge in [-0.2, -0.15) is 4.98 Å². The summed E-state index contributed by atoms with van der Waals surface area (Å²) in [6, 6.07) is 6.47. The second kappa shape index (κ2) is 5.54. The Bertz CT molecular complexity index is 582. The average Bonchev–Trinajstić information content (AvgIpc) is 2.28. The normalized spacial score (nSPS) is 11.2. The maximum atomic E-state index is 12.0. The molecule has 0 saturated heterocycles. The van der Waals surface area contributed by atoms with E-state index < -0.39 is 6.36 Å². The fourth-order valence-electron chi connectivity index (χ4n) is 1.39. The van der Waals surface area contributed by atoms with Crippen LogP contribution in [0.15, 0.2) is 30.3 Å². The van der Waals surface area contributed by atoms with Crippen molar-refractivity contribution in [1.29, 1.82) is 0 Å². The minimum atomic E-state index is -4.72. The van der Waals surface area contributed by atoms with Crippen LogP contribution in [0.2, 0.25) is 5.28 Å². The summed E-state index contributed by atoms with van der Waals surface area (Å²) < 4.78 is 45.1. The Hall–Kier alpha value is -2.02. The number of rotatable bonds is 3. The molecule has 106 valence electrons. The minimum absolute atomic E-state index is 0.0250. The third-order valence-corrected chi connectivity index (χ3v) is 2.25. The molecule has 0 radical (unpaired) electrons. The molecule has 1 aromatic heterocycles. The maximum Gasteiger partial charge on any atom is 0.573 e. The monoisotopic (exact) mass is 304 g/mol. The molecule has 0 bridgehead atoms. The Balaban J connectivity index is 2.10. The molecule has 2 aromatic rings. The van der Waals surface area contributed by atoms with E-state index in [4.69, 9.17) is 16.3 Å². The Labute approximate surface area is 117 Å². The number of nitrogens with zero attached hydrogens (tertiary/aromatic N) is 2. The molecular formula is C12H8ClF3N2O2. The first kappa shape index (κ1) is 14.4. The summed E-state index contributed by atoms with van der Waals surface area (Å²) in [7, 11) is 0. The predicted octanol–water partition coefficient (Wildman–Crippen LogP) is 4.13. The van der Waals surface area contributed by atoms with Crippen molar-refractivity contribution in [1.82, 2.24) is 9.97 Å². The van der Waals surface area contributed by atoms with Crippen LogP contribution >= 0.6 is 11.6 Å². The molecule has 0 N–H and O–H groups in total. The van der Waals surface area contributed by atoms with Crippen LogP contribution in [0.1, 0.15) is 5.69 Å². The number of alkyl halides is 3. The van der Waals surface area contributed by atoms with E-state index in [0.717, 1.165) is 12.1 Å². The molecule has 0 saturated carbocycles. The Kier molecular flexibility index (Phi) is 3.99. The van der Waals surface area contributed by atoms with Gasteiger partial charge in [0.2, 0.25) is 11.2 Å². The molecule has 4 nitrogen and oxygen atoms in total. The lowest BCUT2D eigenvalue weighted by atomic mass is 10.3. The largest absolute Gasteiger partial charge is 0.573 e. The van der Waals surface area contributed by atoms with Gasteiger partial charge in [0.25, 0.3) is 0 Å². The van der Waals surface area contributed by atoms with Crippen molar-refractivity contribution in [3.63, 3.8) is 0 Å². The zero-order chi connectivity index (χ0) is 14.8. The zero-order valence-corrected chi connectivity index (χ0v) is 10.9. The van der Waals surface area contributed by atoms with Crippen LogP contribution < -0.4 is 9.47 Å². The maximum absolute atomic E-state index is 12.0. The van der Waals surface area contributed by atoms with Gasteiger partial charge in [-0.15, -0.1) is 13.2 Å². The van der Waals surface area contributed by atoms with Crippen molar-refractivity contribution in [3.05, 3.63) is 41.3 Å². The number of hydrogen-bond acceptors (Lipinski definition) is 4. The summed E-state index contributed by atoms with van der Waals surface area (Å²) >= 11 is 5.67. The Morgan fingerprint density at radius 2 is 1.65 bits per heavy atom. The van der Waals surface area contributed by atoms with Gasteiger partial charge in [0.1, 0.15) is 11.5 Å². The van der Waals surface area contributed by atoms with Crippen molar-refractivity contribution >= 4 is 11.6 Å². The molecule has 0 amide bonds. The van der Waals surface area contributed by atoms with E-state index in [2.05, 4.69) is 14.7 Å². The second-order valence-electron chi connectivity index (χ2n) is 3.74. The first-order valence-electron chi connectivity index (χ1n) is 5.37. The quantitative estimate of drug-likeness (QED) is 0.800. The smallest absolute Gasteiger partial charge is 0.439 e. The van der Waals surface area contributed by atoms with Crippen molar-refractivity contribution in [2.45, 2.75) is 13.3 Å². The number of aromatic nitrogens is 2. The summed E-state index contributed by atoms with van der Waals surface area (Å²) in [5, 5.41) is 0.0250. The van der Waals surface area contributed by atoms with E-state index in [9.17, 15) is 13.2 Å². The van der Waals surface area contributed by atoms with Crippen LogP contribution in [0.25, 0.3) is 0 Å². The Morgan fingerprint density at radius 3 is 2.20 bits per heavy atom. The lowest BCUT2D eigenvalue weighted by Gasteiger charge is -2.09. The van der Waals surface area contributed by atoms with Gasteiger partial charge in [0.15, 0.2) is 0 Å². The molecule has 0 aliphatic carbocycles. The summed E-state index contributed by atoms with van der Waals surface area (Å²) in [4.78, 5) is 7.69. The first-order chi connectivity index (χ1) is 9.32. The van der Waals surface area contributed by atoms with Crippen LogP contribution in [0.4, 0.5) is 13.2 Å². The highest BCUT2D eigenvalue weighted by Crippen LogP contribution is 2.27. The minimum Gasteiger partial charge on any atom is -0.439 e. The molecule has 20 heavy (non-hydrogen) atoms. The van der Waals surface area contributed by atoms with Gasteiger partial charge in [-0.05, 0) is 42.8 Å². The van der Waals surface area contributed by atoms with E-state index >= 15 is 0 Å². The highest BCUT2D eigenvalue weighted by Gasteiger charge is 2.30. The van der Waals surface area contributed by atoms with Crippen LogP contribution in [0, 0.1) is 6.92 Å². The van der Waals surface area contributed by atoms with E-state index in [-0.39, 0.29) is 16.9 Å². The van der Waals surface area contributed by atoms with Gasteiger partial charge < -0.3 is 9.47 Å². The number of benzene rings is 1. The Morgan fingerprint density at radius 1 is 1.05 bits per heavy atom. The third-order valence-electron chi connectivity index (χ3n) is 2.08. The predicted molar refractivity (Wildman–Crippen MR) is 65.0 cm³/mol. The molecule has 8 heteroatoms. The van der Waals surface area contributed by atoms with Gasteiger partial charge in [0, 0.05) is 11.8 Å². The number of ether oxygens (including phenoxy) is 2. The molecule has 0 atom stereocenters. The van der Waals surface area contributed by atoms with Crippen LogP contribution in [0.3, 0.4) is 0 Å². The van der Waals surface area contributed by atoms with E-state index in [1.807, 2.05) is 0 Å². The van der Waals surface area contributed by atoms with Gasteiger partial charge in [-0.25, -0.2) is 4.98 Å². The van der Waals surface area contributed by atoms with Crippen molar-refractivity contribution < 1.29 is 22.6 Å². The SMILES string of the molecule is Cc1cc(Oc2ccc(OC(F)(F)F)cc2)nc(Cl)n1. The molecule has 1 aromatic carbocycles. The van der Waals surface area contributed by atoms with E-state index in [1.54, 1.807) is 13.0 Å². The van der Waals surface area contributed by atoms with Crippen LogP contribution in [-0.2, 0) is 0 Å². The molecule has 0 fully saturated rings. The lowest BCUT2D eigenvalue weighted by Crippen LogP contribution is -2.16. The van der Waals surface area contributed by atoms with Gasteiger partial charge in [0.05, 0.1) is 0 Å². The van der Waals surface area contributed by atoms with E-state index in [0.29, 0.717) is 11.4 Å². The van der Waals surface area contributed by atoms with Gasteiger partial charge >= 0.3 is 6.36 Å². The molecule has 0 aliphatic heterocycles. The molecular weight excluding hydrogens is 297 g/mol. The topological polar surface area (TPSA) is 44.2 Å². The van der Waals surface area contributed by atoms with Crippen molar-refractivity contribution in [3.8, 4) is 17.4 Å². The molecule has 0 spiro atoms. The molecule has 0 aliphatic rings. The van der Waals surface area contributed by atoms with Crippen molar-refractivity contribution in [2.24, 2.45) is 0 Å². The fraction of sp³-hybridized carbons (Fsp3) is 0.167. The number of hydrogen-bond donors (Lipinski definition) is 0. The molecule has 0 unspecified atom stereocenters. The summed E-state index contributed by atoms with van der Waals surface area (Å²) in [6.07, 6.45) is -4.72.